The number of nitrogens with zero attached hydrogens (tertiary/aromatic N) is 5. The molecule has 3 aromatic rings. The summed E-state index contributed by atoms with van der Waals surface area (Å²) in [7, 11) is 0. The maximum Gasteiger partial charge on any atom is 0.231 e. The third-order valence-electron chi connectivity index (χ3n) is 4.55. The molecule has 27 heavy (non-hydrogen) atoms. The van der Waals surface area contributed by atoms with Crippen molar-refractivity contribution in [2.75, 3.05) is 11.4 Å². The van der Waals surface area contributed by atoms with Crippen LogP contribution in [0.15, 0.2) is 48.9 Å². The van der Waals surface area contributed by atoms with E-state index in [1.807, 2.05) is 18.2 Å². The molecule has 0 unspecified atom stereocenters. The fourth-order valence-electron chi connectivity index (χ4n) is 3.16. The third kappa shape index (κ3) is 3.64. The van der Waals surface area contributed by atoms with Crippen molar-refractivity contribution >= 4 is 23.3 Å². The van der Waals surface area contributed by atoms with Gasteiger partial charge in [0, 0.05) is 36.6 Å². The van der Waals surface area contributed by atoms with E-state index in [1.165, 1.54) is 12.3 Å². The quantitative estimate of drug-likeness (QED) is 0.646. The topological polar surface area (TPSA) is 71.9 Å². The first-order valence-corrected chi connectivity index (χ1v) is 8.85. The number of hydrogen-bond donors (Lipinski definition) is 0. The standard InChI is InChI=1S/C19H15ClFN5O/c20-15-10-12(11-23-18(15)21)9-14-5-8-26(19(14)27)17-2-1-16(24-25-17)13-3-6-22-7-4-13/h1-4,6-7,10-11,14H,5,8-9H2/t14-/m1/s1. The predicted octanol–water partition coefficient (Wildman–Crippen LogP) is 3.32. The molecule has 4 heterocycles. The van der Waals surface area contributed by atoms with Crippen molar-refractivity contribution in [1.29, 1.82) is 0 Å². The summed E-state index contributed by atoms with van der Waals surface area (Å²) < 4.78 is 13.2. The summed E-state index contributed by atoms with van der Waals surface area (Å²) in [6.07, 6.45) is 5.94. The molecule has 0 bridgehead atoms. The number of rotatable bonds is 4. The van der Waals surface area contributed by atoms with Crippen molar-refractivity contribution in [3.63, 3.8) is 0 Å². The zero-order valence-corrected chi connectivity index (χ0v) is 15.0. The van der Waals surface area contributed by atoms with Gasteiger partial charge in [-0.05, 0) is 48.7 Å². The largest absolute Gasteiger partial charge is 0.295 e. The lowest BCUT2D eigenvalue weighted by atomic mass is 9.99. The van der Waals surface area contributed by atoms with Crippen LogP contribution in [0.5, 0.6) is 0 Å². The van der Waals surface area contributed by atoms with Crippen molar-refractivity contribution in [2.45, 2.75) is 12.8 Å². The van der Waals surface area contributed by atoms with Gasteiger partial charge < -0.3 is 0 Å². The van der Waals surface area contributed by atoms with Gasteiger partial charge in [-0.2, -0.15) is 4.39 Å². The second-order valence-corrected chi connectivity index (χ2v) is 6.72. The second-order valence-electron chi connectivity index (χ2n) is 6.31. The summed E-state index contributed by atoms with van der Waals surface area (Å²) in [5.74, 6) is -0.420. The molecule has 6 nitrogen and oxygen atoms in total. The SMILES string of the molecule is O=C1[C@@H](Cc2cnc(F)c(Cl)c2)CCN1c1ccc(-c2ccncc2)nn1. The molecule has 136 valence electrons. The van der Waals surface area contributed by atoms with Gasteiger partial charge in [0.25, 0.3) is 0 Å². The summed E-state index contributed by atoms with van der Waals surface area (Å²) in [4.78, 5) is 22.0. The monoisotopic (exact) mass is 383 g/mol. The molecule has 8 heteroatoms. The van der Waals surface area contributed by atoms with Gasteiger partial charge in [0.15, 0.2) is 5.82 Å². The van der Waals surface area contributed by atoms with Crippen LogP contribution in [0, 0.1) is 11.9 Å². The zero-order chi connectivity index (χ0) is 18.8. The normalized spacial score (nSPS) is 16.7. The summed E-state index contributed by atoms with van der Waals surface area (Å²) in [6, 6.07) is 8.84. The molecule has 0 aliphatic carbocycles. The molecule has 4 rings (SSSR count). The summed E-state index contributed by atoms with van der Waals surface area (Å²) in [6.45, 7) is 0.565. The molecule has 0 saturated carbocycles. The van der Waals surface area contributed by atoms with Crippen molar-refractivity contribution in [1.82, 2.24) is 20.2 Å². The Hall–Kier alpha value is -2.93. The van der Waals surface area contributed by atoms with Gasteiger partial charge in [-0.3, -0.25) is 14.7 Å². The highest BCUT2D eigenvalue weighted by Crippen LogP contribution is 2.27. The number of pyridine rings is 2. The molecule has 0 N–H and O–H groups in total. The Bertz CT molecular complexity index is 968. The molecule has 1 amide bonds. The Morgan fingerprint density at radius 1 is 1.19 bits per heavy atom. The molecule has 0 aromatic carbocycles. The first kappa shape index (κ1) is 17.5. The molecular weight excluding hydrogens is 369 g/mol. The first-order valence-electron chi connectivity index (χ1n) is 8.47. The van der Waals surface area contributed by atoms with E-state index >= 15 is 0 Å². The van der Waals surface area contributed by atoms with Crippen molar-refractivity contribution in [2.24, 2.45) is 5.92 Å². The fraction of sp³-hybridized carbons (Fsp3) is 0.211. The minimum atomic E-state index is -0.704. The summed E-state index contributed by atoms with van der Waals surface area (Å²) in [5, 5.41) is 8.39. The van der Waals surface area contributed by atoms with E-state index < -0.39 is 5.95 Å². The Kier molecular flexibility index (Phi) is 4.77. The minimum absolute atomic E-state index is 0.0265. The van der Waals surface area contributed by atoms with Crippen LogP contribution < -0.4 is 4.90 Å². The minimum Gasteiger partial charge on any atom is -0.295 e. The average molecular weight is 384 g/mol. The van der Waals surface area contributed by atoms with Gasteiger partial charge in [-0.1, -0.05) is 11.6 Å². The highest BCUT2D eigenvalue weighted by Gasteiger charge is 2.33. The molecule has 1 aliphatic heterocycles. The first-order chi connectivity index (χ1) is 13.1. The molecular formula is C19H15ClFN5O. The predicted molar refractivity (Wildman–Crippen MR) is 98.6 cm³/mol. The van der Waals surface area contributed by atoms with Crippen LogP contribution in [0.4, 0.5) is 10.2 Å². The van der Waals surface area contributed by atoms with E-state index in [2.05, 4.69) is 20.2 Å². The fourth-order valence-corrected chi connectivity index (χ4v) is 3.35. The van der Waals surface area contributed by atoms with Crippen molar-refractivity contribution in [3.05, 3.63) is 65.5 Å². The van der Waals surface area contributed by atoms with Crippen molar-refractivity contribution in [3.8, 4) is 11.3 Å². The molecule has 0 radical (unpaired) electrons. The van der Waals surface area contributed by atoms with Crippen LogP contribution in [0.2, 0.25) is 5.02 Å². The van der Waals surface area contributed by atoms with E-state index in [1.54, 1.807) is 23.4 Å². The van der Waals surface area contributed by atoms with Gasteiger partial charge in [0.05, 0.1) is 10.7 Å². The van der Waals surface area contributed by atoms with E-state index in [4.69, 9.17) is 11.6 Å². The smallest absolute Gasteiger partial charge is 0.231 e. The van der Waals surface area contributed by atoms with Crippen LogP contribution in [0.1, 0.15) is 12.0 Å². The highest BCUT2D eigenvalue weighted by molar-refractivity contribution is 6.30. The van der Waals surface area contributed by atoms with Crippen LogP contribution in [0.3, 0.4) is 0 Å². The number of aromatic nitrogens is 4. The van der Waals surface area contributed by atoms with Crippen LogP contribution in [-0.2, 0) is 11.2 Å². The zero-order valence-electron chi connectivity index (χ0n) is 14.2. The molecule has 1 saturated heterocycles. The van der Waals surface area contributed by atoms with Gasteiger partial charge in [0.2, 0.25) is 11.9 Å². The Balaban J connectivity index is 1.47. The molecule has 1 atom stereocenters. The Morgan fingerprint density at radius 3 is 2.70 bits per heavy atom. The van der Waals surface area contributed by atoms with E-state index in [0.29, 0.717) is 25.2 Å². The lowest BCUT2D eigenvalue weighted by Crippen LogP contribution is -2.28. The van der Waals surface area contributed by atoms with Gasteiger partial charge >= 0.3 is 0 Å². The highest BCUT2D eigenvalue weighted by atomic mass is 35.5. The number of anilines is 1. The third-order valence-corrected chi connectivity index (χ3v) is 4.82. The number of carbonyl (C=O) groups is 1. The molecule has 1 aliphatic rings. The number of carbonyl (C=O) groups excluding carboxylic acids is 1. The summed E-state index contributed by atoms with van der Waals surface area (Å²) >= 11 is 5.77. The van der Waals surface area contributed by atoms with Crippen molar-refractivity contribution < 1.29 is 9.18 Å². The van der Waals surface area contributed by atoms with Gasteiger partial charge in [0.1, 0.15) is 0 Å². The second kappa shape index (κ2) is 7.36. The number of halogens is 2. The molecule has 1 fully saturated rings. The maximum absolute atomic E-state index is 13.2. The van der Waals surface area contributed by atoms with E-state index in [-0.39, 0.29) is 16.8 Å². The van der Waals surface area contributed by atoms with Gasteiger partial charge in [-0.15, -0.1) is 10.2 Å². The Labute approximate surface area is 160 Å². The lowest BCUT2D eigenvalue weighted by molar-refractivity contribution is -0.120. The Morgan fingerprint density at radius 2 is 2.00 bits per heavy atom. The lowest BCUT2D eigenvalue weighted by Gasteiger charge is -2.15. The average Bonchev–Trinajstić information content (AvgIpc) is 3.06. The van der Waals surface area contributed by atoms with Crippen LogP contribution >= 0.6 is 11.6 Å². The number of hydrogen-bond acceptors (Lipinski definition) is 5. The van der Waals surface area contributed by atoms with Crippen LogP contribution in [0.25, 0.3) is 11.3 Å². The molecule has 3 aromatic heterocycles. The summed E-state index contributed by atoms with van der Waals surface area (Å²) in [5.41, 5.74) is 2.37. The maximum atomic E-state index is 13.2. The van der Waals surface area contributed by atoms with Gasteiger partial charge in [-0.25, -0.2) is 4.98 Å². The molecule has 0 spiro atoms. The number of amides is 1. The van der Waals surface area contributed by atoms with E-state index in [9.17, 15) is 9.18 Å². The van der Waals surface area contributed by atoms with E-state index in [0.717, 1.165) is 16.8 Å². The van der Waals surface area contributed by atoms with Crippen LogP contribution in [-0.4, -0.2) is 32.6 Å².